The van der Waals surface area contributed by atoms with Crippen LogP contribution in [0.3, 0.4) is 0 Å². The van der Waals surface area contributed by atoms with Crippen molar-refractivity contribution in [1.29, 1.82) is 0 Å². The van der Waals surface area contributed by atoms with E-state index >= 15 is 0 Å². The SMILES string of the molecule is NC(CO[C@@H]1OC(C(=O)O)[C@H](O[C@@H]2OC(CO)[C@H](O)[C@H](O[C@@H]3OC(CO)[C@H](O)[C@H](O[C@@H]4OC(C(=O)O)=C[C@H](O)C4O)C3O)C2O)[C@H](O)C1O)C(=O)O. The first-order valence-electron chi connectivity index (χ1n) is 15.4. The zero-order valence-corrected chi connectivity index (χ0v) is 26.6. The number of aliphatic hydroxyl groups is 10. The molecule has 4 heterocycles. The number of rotatable bonds is 14. The minimum atomic E-state index is -2.23. The van der Waals surface area contributed by atoms with Crippen LogP contribution in [0.5, 0.6) is 0 Å². The second-order valence-corrected chi connectivity index (χ2v) is 12.0. The van der Waals surface area contributed by atoms with Crippen molar-refractivity contribution in [2.24, 2.45) is 5.73 Å². The Morgan fingerprint density at radius 3 is 1.62 bits per heavy atom. The van der Waals surface area contributed by atoms with Gasteiger partial charge in [-0.2, -0.15) is 0 Å². The summed E-state index contributed by atoms with van der Waals surface area (Å²) in [7, 11) is 0. The van der Waals surface area contributed by atoms with Crippen molar-refractivity contribution in [2.45, 2.75) is 117 Å². The van der Waals surface area contributed by atoms with Crippen molar-refractivity contribution in [3.63, 3.8) is 0 Å². The van der Waals surface area contributed by atoms with E-state index in [9.17, 15) is 75.7 Å². The molecule has 0 aromatic heterocycles. The maximum atomic E-state index is 12.1. The van der Waals surface area contributed by atoms with Crippen LogP contribution in [0, 0.1) is 0 Å². The summed E-state index contributed by atoms with van der Waals surface area (Å²) in [5.41, 5.74) is 5.33. The highest BCUT2D eigenvalue weighted by atomic mass is 16.8. The normalized spacial score (nSPS) is 44.6. The number of ether oxygens (including phenoxy) is 8. The number of nitrogens with two attached hydrogens (primary N) is 1. The molecule has 0 radical (unpaired) electrons. The predicted octanol–water partition coefficient (Wildman–Crippen LogP) is -8.97. The lowest BCUT2D eigenvalue weighted by atomic mass is 9.95. The van der Waals surface area contributed by atoms with Gasteiger partial charge in [0.1, 0.15) is 85.4 Å². The molecule has 25 heteroatoms. The van der Waals surface area contributed by atoms with E-state index in [0.717, 1.165) is 0 Å². The fourth-order valence-electron chi connectivity index (χ4n) is 5.59. The first kappa shape index (κ1) is 42.0. The molecule has 4 rings (SSSR count). The molecule has 0 saturated carbocycles. The van der Waals surface area contributed by atoms with Crippen molar-refractivity contribution in [1.82, 2.24) is 0 Å². The van der Waals surface area contributed by atoms with Crippen LogP contribution in [0.15, 0.2) is 11.8 Å². The van der Waals surface area contributed by atoms with Crippen LogP contribution in [0.4, 0.5) is 0 Å². The molecule has 52 heavy (non-hydrogen) atoms. The lowest BCUT2D eigenvalue weighted by molar-refractivity contribution is -0.383. The van der Waals surface area contributed by atoms with Crippen LogP contribution < -0.4 is 5.73 Å². The Morgan fingerprint density at radius 2 is 1.15 bits per heavy atom. The summed E-state index contributed by atoms with van der Waals surface area (Å²) in [4.78, 5) is 34.4. The molecule has 0 aromatic carbocycles. The molecule has 4 aliphatic rings. The van der Waals surface area contributed by atoms with E-state index in [1.165, 1.54) is 0 Å². The third-order valence-corrected chi connectivity index (χ3v) is 8.47. The van der Waals surface area contributed by atoms with E-state index in [1.54, 1.807) is 0 Å². The molecule has 0 amide bonds. The molecule has 298 valence electrons. The number of aliphatic carboxylic acids is 3. The van der Waals surface area contributed by atoms with Gasteiger partial charge in [-0.1, -0.05) is 0 Å². The van der Waals surface area contributed by atoms with Gasteiger partial charge in [0.15, 0.2) is 25.0 Å². The van der Waals surface area contributed by atoms with Crippen molar-refractivity contribution in [2.75, 3.05) is 19.8 Å². The summed E-state index contributed by atoms with van der Waals surface area (Å²) in [6, 6.07) is -1.62. The minimum absolute atomic E-state index is 0.651. The van der Waals surface area contributed by atoms with Crippen LogP contribution in [0.25, 0.3) is 0 Å². The number of aliphatic hydroxyl groups excluding tert-OH is 10. The van der Waals surface area contributed by atoms with Gasteiger partial charge in [-0.3, -0.25) is 4.79 Å². The van der Waals surface area contributed by atoms with E-state index in [-0.39, 0.29) is 0 Å². The van der Waals surface area contributed by atoms with Gasteiger partial charge in [0.05, 0.1) is 19.8 Å². The Bertz CT molecular complexity index is 1270. The summed E-state index contributed by atoms with van der Waals surface area (Å²) >= 11 is 0. The fraction of sp³-hybridized carbons (Fsp3) is 0.815. The maximum Gasteiger partial charge on any atom is 0.371 e. The molecule has 4 aliphatic heterocycles. The highest BCUT2D eigenvalue weighted by Gasteiger charge is 2.56. The van der Waals surface area contributed by atoms with E-state index in [4.69, 9.17) is 48.7 Å². The standard InChI is InChI=1S/C27H41NO24/c28-5(21(39)40)4-45-24-14(36)13(35)19(20(52-24)23(43)44)51-27-16(38)18(12(34)9(3-30)48-27)50-26-15(37)17(11(33)8(2-29)47-26)49-25-10(32)6(31)1-7(46-25)22(41)42/h1,5-6,8-20,24-27,29-38H,2-4,28H2,(H,39,40)(H,41,42)(H,43,44)/t5?,6-,8?,9?,10?,11-,12-,13+,14?,15?,16?,17-,18-,19+,20?,24+,25-,26-,27-/m0/s1. The van der Waals surface area contributed by atoms with Gasteiger partial charge in [-0.25, -0.2) is 9.59 Å². The van der Waals surface area contributed by atoms with Crippen LogP contribution in [0.1, 0.15) is 0 Å². The minimum Gasteiger partial charge on any atom is -0.480 e. The molecule has 8 unspecified atom stereocenters. The Morgan fingerprint density at radius 1 is 0.654 bits per heavy atom. The number of hydrogen-bond acceptors (Lipinski definition) is 22. The van der Waals surface area contributed by atoms with Crippen molar-refractivity contribution in [3.05, 3.63) is 11.8 Å². The van der Waals surface area contributed by atoms with Crippen LogP contribution in [-0.2, 0) is 52.3 Å². The Kier molecular flexibility index (Phi) is 14.2. The molecular weight excluding hydrogens is 722 g/mol. The summed E-state index contributed by atoms with van der Waals surface area (Å²) in [5, 5.41) is 133. The molecular formula is C27H41NO24. The lowest BCUT2D eigenvalue weighted by Gasteiger charge is -2.48. The van der Waals surface area contributed by atoms with Crippen LogP contribution >= 0.6 is 0 Å². The average Bonchev–Trinajstić information content (AvgIpc) is 3.09. The van der Waals surface area contributed by atoms with Gasteiger partial charge in [0, 0.05) is 0 Å². The number of carbonyl (C=O) groups is 3. The van der Waals surface area contributed by atoms with E-state index in [2.05, 4.69) is 0 Å². The quantitative estimate of drug-likeness (QED) is 0.0781. The summed E-state index contributed by atoms with van der Waals surface area (Å²) < 4.78 is 42.4. The van der Waals surface area contributed by atoms with Gasteiger partial charge in [0.25, 0.3) is 0 Å². The molecule has 0 aromatic rings. The number of hydrogen-bond donors (Lipinski definition) is 14. The number of carboxylic acids is 3. The molecule has 0 aliphatic carbocycles. The van der Waals surface area contributed by atoms with Gasteiger partial charge in [-0.05, 0) is 6.08 Å². The highest BCUT2D eigenvalue weighted by molar-refractivity contribution is 5.84. The molecule has 3 saturated heterocycles. The zero-order chi connectivity index (χ0) is 38.8. The van der Waals surface area contributed by atoms with E-state index in [0.29, 0.717) is 6.08 Å². The zero-order valence-electron chi connectivity index (χ0n) is 26.6. The third-order valence-electron chi connectivity index (χ3n) is 8.47. The van der Waals surface area contributed by atoms with Gasteiger partial charge >= 0.3 is 17.9 Å². The topological polar surface area (TPSA) is 414 Å². The monoisotopic (exact) mass is 763 g/mol. The molecule has 25 nitrogen and oxygen atoms in total. The van der Waals surface area contributed by atoms with E-state index < -0.39 is 160 Å². The second-order valence-electron chi connectivity index (χ2n) is 12.0. The third kappa shape index (κ3) is 8.94. The molecule has 0 bridgehead atoms. The van der Waals surface area contributed by atoms with Crippen molar-refractivity contribution in [3.8, 4) is 0 Å². The average molecular weight is 764 g/mol. The Hall–Kier alpha value is -2.77. The first-order chi connectivity index (χ1) is 24.4. The summed E-state index contributed by atoms with van der Waals surface area (Å²) in [5.74, 6) is -5.86. The van der Waals surface area contributed by atoms with Crippen LogP contribution in [-0.4, -0.2) is 221 Å². The Labute approximate surface area is 291 Å². The van der Waals surface area contributed by atoms with Crippen molar-refractivity contribution >= 4 is 17.9 Å². The van der Waals surface area contributed by atoms with Gasteiger partial charge in [0.2, 0.25) is 12.0 Å². The molecule has 19 atom stereocenters. The first-order valence-corrected chi connectivity index (χ1v) is 15.4. The van der Waals surface area contributed by atoms with E-state index in [1.807, 2.05) is 0 Å². The smallest absolute Gasteiger partial charge is 0.371 e. The maximum absolute atomic E-state index is 12.1. The second kappa shape index (κ2) is 17.6. The Balaban J connectivity index is 1.53. The molecule has 15 N–H and O–H groups in total. The van der Waals surface area contributed by atoms with Gasteiger partial charge < -0.3 is 110 Å². The highest BCUT2D eigenvalue weighted by Crippen LogP contribution is 2.34. The summed E-state index contributed by atoms with van der Waals surface area (Å²) in [6.07, 6.45) is -35.6. The van der Waals surface area contributed by atoms with Gasteiger partial charge in [-0.15, -0.1) is 0 Å². The van der Waals surface area contributed by atoms with Crippen LogP contribution in [0.2, 0.25) is 0 Å². The fourth-order valence-corrected chi connectivity index (χ4v) is 5.59. The molecule has 0 spiro atoms. The predicted molar refractivity (Wildman–Crippen MR) is 153 cm³/mol. The number of carboxylic acid groups (broad SMARTS) is 3. The summed E-state index contributed by atoms with van der Waals surface area (Å²) in [6.45, 7) is -2.79. The molecule has 3 fully saturated rings. The van der Waals surface area contributed by atoms with Crippen molar-refractivity contribution < 1.29 is 119 Å². The largest absolute Gasteiger partial charge is 0.480 e. The lowest BCUT2D eigenvalue weighted by Crippen LogP contribution is -2.67.